The van der Waals surface area contributed by atoms with Gasteiger partial charge in [-0.15, -0.1) is 0 Å². The number of nitriles is 1. The second-order valence-corrected chi connectivity index (χ2v) is 12.4. The summed E-state index contributed by atoms with van der Waals surface area (Å²) in [4.78, 5) is 12.2. The van der Waals surface area contributed by atoms with Crippen molar-refractivity contribution >= 4 is 27.5 Å². The Bertz CT molecular complexity index is 137. The molecule has 0 saturated heterocycles. The van der Waals surface area contributed by atoms with Crippen molar-refractivity contribution in [3.05, 3.63) is 0 Å². The molecule has 0 aromatic carbocycles. The Kier molecular flexibility index (Phi) is 7.61. The van der Waals surface area contributed by atoms with Crippen LogP contribution in [0.5, 0.6) is 0 Å². The Morgan fingerprint density at radius 2 is 2.00 bits per heavy atom. The van der Waals surface area contributed by atoms with Crippen molar-refractivity contribution in [3.63, 3.8) is 0 Å². The summed E-state index contributed by atoms with van der Waals surface area (Å²) in [7, 11) is 0. The fourth-order valence-electron chi connectivity index (χ4n) is 0.0651. The molecular formula is CH3AgBiNO3P. The third-order valence-electron chi connectivity index (χ3n) is 0.196. The van der Waals surface area contributed by atoms with E-state index in [1.165, 1.54) is 3.78 Å². The van der Waals surface area contributed by atoms with Gasteiger partial charge < -0.3 is 0 Å². The molecule has 0 aromatic rings. The zero-order valence-electron chi connectivity index (χ0n) is 3.50. The van der Waals surface area contributed by atoms with Crippen LogP contribution in [0.15, 0.2) is 0 Å². The molecule has 0 aliphatic heterocycles. The second kappa shape index (κ2) is 5.08. The second-order valence-electron chi connectivity index (χ2n) is 0.768. The minimum absolute atomic E-state index is 0. The van der Waals surface area contributed by atoms with Crippen molar-refractivity contribution in [1.82, 2.24) is 0 Å². The van der Waals surface area contributed by atoms with Gasteiger partial charge in [0.05, 0.1) is 0 Å². The quantitative estimate of drug-likeness (QED) is 0.418. The number of hydrogen-bond donors (Lipinski definition) is 2. The summed E-state index contributed by atoms with van der Waals surface area (Å²) in [6, 6.07) is 0. The largest absolute Gasteiger partial charge is 0 e. The van der Waals surface area contributed by atoms with Gasteiger partial charge >= 0.3 is 50.9 Å². The molecule has 0 fully saturated rings. The maximum Gasteiger partial charge on any atom is 0 e. The maximum absolute atomic E-state index is 9.79. The van der Waals surface area contributed by atoms with Gasteiger partial charge in [0.25, 0.3) is 0 Å². The topological polar surface area (TPSA) is 81.3 Å². The number of nitrogens with zero attached hydrogens (tertiary/aromatic N) is 1. The molecule has 0 aliphatic carbocycles. The molecular weight excluding hydrogens is 422 g/mol. The monoisotopic (exact) mass is 424 g/mol. The van der Waals surface area contributed by atoms with E-state index in [0.717, 1.165) is 0 Å². The maximum atomic E-state index is 9.79. The van der Waals surface area contributed by atoms with Crippen LogP contribution in [-0.4, -0.2) is 32.4 Å². The summed E-state index contributed by atoms with van der Waals surface area (Å²) in [5.41, 5.74) is 0. The third-order valence-corrected chi connectivity index (χ3v) is 5.15. The predicted molar refractivity (Wildman–Crippen MR) is 24.8 cm³/mol. The molecule has 0 aromatic heterocycles. The smallest absolute Gasteiger partial charge is 0 e. The van der Waals surface area contributed by atoms with Gasteiger partial charge in [0, 0.05) is 22.4 Å². The molecule has 1 radical (unpaired) electrons. The molecule has 51 valence electrons. The number of rotatable bonds is 1. The summed E-state index contributed by atoms with van der Waals surface area (Å²) in [6.07, 6.45) is 0. The summed E-state index contributed by atoms with van der Waals surface area (Å²) >= 11 is -2.20. The van der Waals surface area contributed by atoms with Crippen LogP contribution in [-0.2, 0) is 26.9 Å². The van der Waals surface area contributed by atoms with E-state index in [2.05, 4.69) is 0 Å². The van der Waals surface area contributed by atoms with Crippen LogP contribution < -0.4 is 0 Å². The van der Waals surface area contributed by atoms with E-state index in [4.69, 9.17) is 15.0 Å². The average Bonchev–Trinajstić information content (AvgIpc) is 1.30. The van der Waals surface area contributed by atoms with Crippen molar-refractivity contribution in [2.75, 3.05) is 0 Å². The number of hydrogen-bond acceptors (Lipinski definition) is 2. The van der Waals surface area contributed by atoms with Crippen molar-refractivity contribution < 1.29 is 36.7 Å². The third kappa shape index (κ3) is 10.3. The summed E-state index contributed by atoms with van der Waals surface area (Å²) in [5.74, 6) is 0. The molecule has 0 spiro atoms. The summed E-state index contributed by atoms with van der Waals surface area (Å²) in [6.45, 7) is 0. The molecule has 0 aliphatic rings. The fraction of sp³-hybridized carbons (Fsp3) is 0. The first-order chi connectivity index (χ1) is 3.06. The molecule has 0 saturated carbocycles. The van der Waals surface area contributed by atoms with Gasteiger partial charge in [-0.3, -0.25) is 0 Å². The van der Waals surface area contributed by atoms with E-state index in [1.54, 1.807) is 0 Å². The standard InChI is InChI=1S/CN.Ag.Bi.HO3P.H/c1-2;;;1-4(2)3;/h;;;(H-,1,2,3);/q;;-1;;/p+1. The fourth-order valence-corrected chi connectivity index (χ4v) is 1.71. The van der Waals surface area contributed by atoms with Crippen LogP contribution >= 0.6 is 4.89 Å². The van der Waals surface area contributed by atoms with Gasteiger partial charge in [0.2, 0.25) is 0 Å². The Morgan fingerprint density at radius 1 is 1.62 bits per heavy atom. The van der Waals surface area contributed by atoms with E-state index in [-0.39, 0.29) is 22.4 Å². The molecule has 0 rings (SSSR count). The van der Waals surface area contributed by atoms with Crippen molar-refractivity contribution in [1.29, 1.82) is 5.26 Å². The van der Waals surface area contributed by atoms with Gasteiger partial charge in [-0.05, 0) is 0 Å². The Hall–Kier alpha value is 1.26. The van der Waals surface area contributed by atoms with Crippen molar-refractivity contribution in [2.45, 2.75) is 0 Å². The van der Waals surface area contributed by atoms with Crippen LogP contribution in [0.4, 0.5) is 0 Å². The zero-order valence-corrected chi connectivity index (χ0v) is 9.76. The van der Waals surface area contributed by atoms with E-state index in [0.29, 0.717) is 0 Å². The molecule has 8 heavy (non-hydrogen) atoms. The van der Waals surface area contributed by atoms with E-state index < -0.39 is 27.5 Å². The normalized spacial score (nSPS) is 9.12. The SMILES string of the molecule is N#[C][BiH][P](=O)(O)O.[Ag]. The first-order valence-electron chi connectivity index (χ1n) is 1.28. The molecule has 0 atom stereocenters. The van der Waals surface area contributed by atoms with E-state index >= 15 is 0 Å². The summed E-state index contributed by atoms with van der Waals surface area (Å²) < 4.78 is 11.3. The minimum atomic E-state index is -3.83. The van der Waals surface area contributed by atoms with E-state index in [1.807, 2.05) is 0 Å². The summed E-state index contributed by atoms with van der Waals surface area (Å²) in [5, 5.41) is 7.75. The van der Waals surface area contributed by atoms with Gasteiger partial charge in [-0.2, -0.15) is 0 Å². The predicted octanol–water partition coefficient (Wildman–Crippen LogP) is -1.01. The first kappa shape index (κ1) is 12.0. The zero-order chi connectivity index (χ0) is 5.91. The molecule has 2 N–H and O–H groups in total. The molecule has 0 amide bonds. The average molecular weight is 425 g/mol. The van der Waals surface area contributed by atoms with Crippen molar-refractivity contribution in [2.24, 2.45) is 0 Å². The molecule has 0 unspecified atom stereocenters. The molecule has 4 nitrogen and oxygen atoms in total. The van der Waals surface area contributed by atoms with Gasteiger partial charge in [0.15, 0.2) is 0 Å². The molecule has 0 bridgehead atoms. The van der Waals surface area contributed by atoms with Gasteiger partial charge in [-0.25, -0.2) is 0 Å². The Balaban J connectivity index is 0. The molecule has 0 heterocycles. The van der Waals surface area contributed by atoms with Crippen LogP contribution in [0.25, 0.3) is 0 Å². The van der Waals surface area contributed by atoms with Gasteiger partial charge in [0.1, 0.15) is 0 Å². The minimum Gasteiger partial charge on any atom is 0 e. The van der Waals surface area contributed by atoms with Crippen LogP contribution in [0.1, 0.15) is 0 Å². The van der Waals surface area contributed by atoms with Crippen molar-refractivity contribution in [3.8, 4) is 3.78 Å². The van der Waals surface area contributed by atoms with Crippen LogP contribution in [0.3, 0.4) is 0 Å². The Morgan fingerprint density at radius 3 is 2.00 bits per heavy atom. The van der Waals surface area contributed by atoms with E-state index in [9.17, 15) is 4.57 Å². The van der Waals surface area contributed by atoms with Crippen LogP contribution in [0, 0.1) is 9.04 Å². The first-order valence-corrected chi connectivity index (χ1v) is 10.1. The molecule has 7 heteroatoms. The van der Waals surface area contributed by atoms with Gasteiger partial charge in [-0.1, -0.05) is 0 Å². The Labute approximate surface area is 72.8 Å². The van der Waals surface area contributed by atoms with Crippen LogP contribution in [0.2, 0.25) is 0 Å².